The molecule has 0 aromatic carbocycles. The number of allylic oxidation sites excluding steroid dienone is 18. The fourth-order valence-corrected chi connectivity index (χ4v) is 7.98. The molecule has 428 valence electrons. The highest BCUT2D eigenvalue weighted by Crippen LogP contribution is 2.16. The number of carboxylic acids is 1. The lowest BCUT2D eigenvalue weighted by atomic mass is 10.0. The first-order chi connectivity index (χ1) is 36.6. The van der Waals surface area contributed by atoms with E-state index in [1.807, 2.05) is 21.1 Å². The van der Waals surface area contributed by atoms with Gasteiger partial charge < -0.3 is 28.5 Å². The van der Waals surface area contributed by atoms with Gasteiger partial charge in [0.1, 0.15) is 13.2 Å². The van der Waals surface area contributed by atoms with Gasteiger partial charge in [0, 0.05) is 12.8 Å². The topological polar surface area (TPSA) is 108 Å². The van der Waals surface area contributed by atoms with E-state index in [1.54, 1.807) is 0 Å². The van der Waals surface area contributed by atoms with E-state index in [9.17, 15) is 19.5 Å². The number of likely N-dealkylation sites (N-methyl/N-ethyl adjacent to an activating group) is 1. The molecule has 75 heavy (non-hydrogen) atoms. The molecule has 0 radical (unpaired) electrons. The average Bonchev–Trinajstić information content (AvgIpc) is 3.38. The third kappa shape index (κ3) is 57.5. The summed E-state index contributed by atoms with van der Waals surface area (Å²) in [6.45, 7) is 4.58. The molecule has 0 amide bonds. The second-order valence-electron chi connectivity index (χ2n) is 20.9. The summed E-state index contributed by atoms with van der Waals surface area (Å²) >= 11 is 0. The van der Waals surface area contributed by atoms with Crippen LogP contribution in [0.25, 0.3) is 0 Å². The lowest BCUT2D eigenvalue weighted by Gasteiger charge is -2.25. The highest BCUT2D eigenvalue weighted by Gasteiger charge is 2.25. The molecule has 0 saturated carbocycles. The molecule has 0 aliphatic heterocycles. The van der Waals surface area contributed by atoms with Crippen LogP contribution in [0, 0.1) is 0 Å². The van der Waals surface area contributed by atoms with Gasteiger partial charge in [0.25, 0.3) is 6.29 Å². The number of ether oxygens (including phenoxy) is 4. The molecule has 0 aliphatic carbocycles. The number of carbonyl (C=O) groups is 3. The molecule has 0 bridgehead atoms. The molecule has 0 spiro atoms. The van der Waals surface area contributed by atoms with Crippen LogP contribution in [0.1, 0.15) is 232 Å². The molecule has 0 aromatic rings. The molecule has 2 unspecified atom stereocenters. The Balaban J connectivity index is 4.15. The van der Waals surface area contributed by atoms with Crippen LogP contribution in [0.15, 0.2) is 109 Å². The van der Waals surface area contributed by atoms with E-state index in [-0.39, 0.29) is 38.6 Å². The zero-order chi connectivity index (χ0) is 54.8. The quantitative estimate of drug-likeness (QED) is 0.0211. The van der Waals surface area contributed by atoms with Gasteiger partial charge in [0.2, 0.25) is 0 Å². The molecule has 0 aromatic heterocycles. The van der Waals surface area contributed by atoms with Gasteiger partial charge in [-0.25, -0.2) is 4.79 Å². The Morgan fingerprint density at radius 2 is 0.733 bits per heavy atom. The van der Waals surface area contributed by atoms with Crippen molar-refractivity contribution in [2.75, 3.05) is 47.5 Å². The maximum atomic E-state index is 12.8. The van der Waals surface area contributed by atoms with Crippen LogP contribution in [0.5, 0.6) is 0 Å². The van der Waals surface area contributed by atoms with Crippen LogP contribution in [-0.4, -0.2) is 87.4 Å². The van der Waals surface area contributed by atoms with Crippen LogP contribution in [0.2, 0.25) is 0 Å². The lowest BCUT2D eigenvalue weighted by molar-refractivity contribution is -0.870. The minimum Gasteiger partial charge on any atom is -0.477 e. The second-order valence-corrected chi connectivity index (χ2v) is 20.9. The van der Waals surface area contributed by atoms with Gasteiger partial charge >= 0.3 is 17.9 Å². The number of unbranched alkanes of at least 4 members (excludes halogenated alkanes) is 21. The summed E-state index contributed by atoms with van der Waals surface area (Å²) in [6.07, 6.45) is 74.9. The van der Waals surface area contributed by atoms with Crippen LogP contribution >= 0.6 is 0 Å². The Kier molecular flexibility index (Phi) is 53.1. The van der Waals surface area contributed by atoms with E-state index in [0.717, 1.165) is 83.5 Å². The minimum absolute atomic E-state index is 0.173. The average molecular weight is 1050 g/mol. The Labute approximate surface area is 460 Å². The van der Waals surface area contributed by atoms with Crippen molar-refractivity contribution < 1.29 is 42.9 Å². The molecule has 0 fully saturated rings. The summed E-state index contributed by atoms with van der Waals surface area (Å²) in [4.78, 5) is 37.4. The first kappa shape index (κ1) is 71.0. The number of rotatable bonds is 54. The number of nitrogens with zero attached hydrogens (tertiary/aromatic N) is 1. The Bertz CT molecular complexity index is 1590. The van der Waals surface area contributed by atoms with E-state index in [0.29, 0.717) is 17.4 Å². The zero-order valence-corrected chi connectivity index (χ0v) is 48.7. The van der Waals surface area contributed by atoms with Gasteiger partial charge in [-0.3, -0.25) is 9.59 Å². The molecule has 0 rings (SSSR count). The zero-order valence-electron chi connectivity index (χ0n) is 48.7. The van der Waals surface area contributed by atoms with Gasteiger partial charge in [-0.15, -0.1) is 0 Å². The number of carbonyl (C=O) groups excluding carboxylic acids is 2. The highest BCUT2D eigenvalue weighted by atomic mass is 16.7. The number of carboxylic acid groups (broad SMARTS) is 1. The molecule has 1 N–H and O–H groups in total. The van der Waals surface area contributed by atoms with Crippen molar-refractivity contribution in [2.24, 2.45) is 0 Å². The smallest absolute Gasteiger partial charge is 0.361 e. The molecule has 0 aliphatic rings. The second kappa shape index (κ2) is 56.2. The summed E-state index contributed by atoms with van der Waals surface area (Å²) in [5.41, 5.74) is 0. The van der Waals surface area contributed by atoms with E-state index >= 15 is 0 Å². The normalized spacial score (nSPS) is 13.6. The predicted molar refractivity (Wildman–Crippen MR) is 318 cm³/mol. The molecule has 9 heteroatoms. The number of quaternary nitrogens is 1. The van der Waals surface area contributed by atoms with Gasteiger partial charge in [-0.2, -0.15) is 0 Å². The van der Waals surface area contributed by atoms with Gasteiger partial charge in [0.15, 0.2) is 6.10 Å². The molecule has 0 saturated heterocycles. The standard InChI is InChI=1S/C66H111NO8/c1-6-8-10-12-14-16-18-20-22-24-25-26-27-28-29-30-31-32-33-34-35-36-37-38-39-41-42-44-46-48-50-52-54-56-63(68)73-60-62(61-74-66(65(70)71)72-59-58-67(3,4)5)75-64(69)57-55-53-51-49-47-45-43-40-23-21-19-17-15-13-11-9-7-2/h8-11,14-17,20-23,25-26,43,45,49,51,62,66H,6-7,12-13,18-19,24,27-42,44,46-48,50,52-61H2,1-5H3/p+1/b10-8-,11-9-,16-14-,17-15-,22-20-,23-21-,26-25-,45-43-,51-49-. The number of hydrogen-bond donors (Lipinski definition) is 1. The van der Waals surface area contributed by atoms with Gasteiger partial charge in [-0.1, -0.05) is 239 Å². The summed E-state index contributed by atoms with van der Waals surface area (Å²) < 4.78 is 22.8. The van der Waals surface area contributed by atoms with Crippen molar-refractivity contribution in [1.29, 1.82) is 0 Å². The summed E-state index contributed by atoms with van der Waals surface area (Å²) in [7, 11) is 5.94. The molecule has 9 nitrogen and oxygen atoms in total. The van der Waals surface area contributed by atoms with Crippen molar-refractivity contribution in [3.63, 3.8) is 0 Å². The Hall–Kier alpha value is -4.05. The van der Waals surface area contributed by atoms with Gasteiger partial charge in [0.05, 0.1) is 34.4 Å². The fourth-order valence-electron chi connectivity index (χ4n) is 7.98. The summed E-state index contributed by atoms with van der Waals surface area (Å²) in [5, 5.41) is 9.69. The van der Waals surface area contributed by atoms with E-state index in [1.165, 1.54) is 116 Å². The van der Waals surface area contributed by atoms with Crippen LogP contribution < -0.4 is 0 Å². The van der Waals surface area contributed by atoms with Crippen molar-refractivity contribution in [3.8, 4) is 0 Å². The molecule has 2 atom stereocenters. The minimum atomic E-state index is -1.53. The largest absolute Gasteiger partial charge is 0.477 e. The number of aliphatic carboxylic acids is 1. The van der Waals surface area contributed by atoms with Crippen molar-refractivity contribution >= 4 is 17.9 Å². The number of esters is 2. The lowest BCUT2D eigenvalue weighted by Crippen LogP contribution is -2.40. The molecular weight excluding hydrogens is 935 g/mol. The van der Waals surface area contributed by atoms with Crippen molar-refractivity contribution in [3.05, 3.63) is 109 Å². The molecular formula is C66H112NO8+. The number of hydrogen-bond acceptors (Lipinski definition) is 7. The van der Waals surface area contributed by atoms with Gasteiger partial charge in [-0.05, 0) is 89.9 Å². The van der Waals surface area contributed by atoms with Crippen LogP contribution in [0.4, 0.5) is 0 Å². The van der Waals surface area contributed by atoms with Crippen molar-refractivity contribution in [1.82, 2.24) is 0 Å². The third-order valence-electron chi connectivity index (χ3n) is 12.5. The highest BCUT2D eigenvalue weighted by molar-refractivity contribution is 5.71. The first-order valence-electron chi connectivity index (χ1n) is 30.1. The first-order valence-corrected chi connectivity index (χ1v) is 30.1. The van der Waals surface area contributed by atoms with Crippen LogP contribution in [0.3, 0.4) is 0 Å². The van der Waals surface area contributed by atoms with Crippen LogP contribution in [-0.2, 0) is 33.3 Å². The predicted octanol–water partition coefficient (Wildman–Crippen LogP) is 17.9. The van der Waals surface area contributed by atoms with Crippen molar-refractivity contribution in [2.45, 2.75) is 245 Å². The van der Waals surface area contributed by atoms with E-state index < -0.39 is 24.3 Å². The third-order valence-corrected chi connectivity index (χ3v) is 12.5. The SMILES string of the molecule is CC/C=C\C/C=C\C/C=C\C/C=C\C/C=C\CCCC(=O)OC(COC(=O)CCCCCCCCCCCCCCCCCCCCCC/C=C\C/C=C\C/C=C\C/C=C\CC)COC(OCC[N+](C)(C)C)C(=O)O. The Morgan fingerprint density at radius 3 is 1.11 bits per heavy atom. The fraction of sp³-hybridized carbons (Fsp3) is 0.682. The molecule has 0 heterocycles. The monoisotopic (exact) mass is 1050 g/mol. The van der Waals surface area contributed by atoms with E-state index in [2.05, 4.69) is 123 Å². The van der Waals surface area contributed by atoms with E-state index in [4.69, 9.17) is 18.9 Å². The Morgan fingerprint density at radius 1 is 0.400 bits per heavy atom. The maximum Gasteiger partial charge on any atom is 0.361 e. The summed E-state index contributed by atoms with van der Waals surface area (Å²) in [5.74, 6) is -2.09. The summed E-state index contributed by atoms with van der Waals surface area (Å²) in [6, 6.07) is 0. The maximum absolute atomic E-state index is 12.8.